The number of benzene rings is 1. The molecule has 0 bridgehead atoms. The highest BCUT2D eigenvalue weighted by atomic mass is 16.7. The van der Waals surface area contributed by atoms with Crippen LogP contribution >= 0.6 is 0 Å². The van der Waals surface area contributed by atoms with Gasteiger partial charge in [0.15, 0.2) is 10.8 Å². The van der Waals surface area contributed by atoms with Crippen LogP contribution in [0.1, 0.15) is 62.7 Å². The van der Waals surface area contributed by atoms with Gasteiger partial charge in [-0.25, -0.2) is 10.1 Å². The van der Waals surface area contributed by atoms with Gasteiger partial charge >= 0.3 is 0 Å². The van der Waals surface area contributed by atoms with E-state index >= 15 is 0 Å². The van der Waals surface area contributed by atoms with Gasteiger partial charge in [-0.3, -0.25) is 19.8 Å². The van der Waals surface area contributed by atoms with Gasteiger partial charge in [0.05, 0.1) is 0 Å². The molecule has 1 aromatic rings. The van der Waals surface area contributed by atoms with Gasteiger partial charge in [-0.15, -0.1) is 0 Å². The number of hydrogen-bond acceptors (Lipinski definition) is 6. The quantitative estimate of drug-likeness (QED) is 0.0661. The van der Waals surface area contributed by atoms with Gasteiger partial charge in [0, 0.05) is 31.5 Å². The standard InChI is InChI=1S/C22H34N6O5/c1-16(2)13-15-24-21(31)18(10-7-14-25-22(23)27-28(32)33)26-20(30)12-6-11-19(29)17-8-4-3-5-9-17/h3-5,8-9,16,18H,6-7,10-15H2,1-2H3,(H,24,31)(H,26,30)(H3,23,25,27)/t18-/m0/s1. The zero-order chi connectivity index (χ0) is 24.6. The van der Waals surface area contributed by atoms with E-state index in [0.717, 1.165) is 6.42 Å². The van der Waals surface area contributed by atoms with Gasteiger partial charge in [-0.2, -0.15) is 0 Å². The Labute approximate surface area is 193 Å². The van der Waals surface area contributed by atoms with Crippen LogP contribution in [0.3, 0.4) is 0 Å². The smallest absolute Gasteiger partial charge is 0.251 e. The van der Waals surface area contributed by atoms with E-state index in [1.165, 1.54) is 0 Å². The number of carbonyl (C=O) groups excluding carboxylic acids is 3. The number of rotatable bonds is 15. The maximum atomic E-state index is 12.6. The number of hydrazine groups is 1. The molecule has 0 spiro atoms. The first-order chi connectivity index (χ1) is 15.7. The van der Waals surface area contributed by atoms with Gasteiger partial charge in [0.25, 0.3) is 5.96 Å². The first-order valence-corrected chi connectivity index (χ1v) is 11.1. The van der Waals surface area contributed by atoms with E-state index in [1.54, 1.807) is 29.7 Å². The van der Waals surface area contributed by atoms with Crippen LogP contribution < -0.4 is 21.4 Å². The summed E-state index contributed by atoms with van der Waals surface area (Å²) in [4.78, 5) is 47.4. The summed E-state index contributed by atoms with van der Waals surface area (Å²) in [6.07, 6.45) is 2.21. The highest BCUT2D eigenvalue weighted by Crippen LogP contribution is 2.07. The predicted octanol–water partition coefficient (Wildman–Crippen LogP) is 1.77. The summed E-state index contributed by atoms with van der Waals surface area (Å²) in [6, 6.07) is 8.09. The minimum absolute atomic E-state index is 0.0387. The van der Waals surface area contributed by atoms with Crippen LogP contribution in [0.5, 0.6) is 0 Å². The van der Waals surface area contributed by atoms with Crippen molar-refractivity contribution in [2.24, 2.45) is 5.92 Å². The van der Waals surface area contributed by atoms with Crippen molar-refractivity contribution in [2.45, 2.75) is 58.4 Å². The summed E-state index contributed by atoms with van der Waals surface area (Å²) in [5, 5.41) is 24.9. The molecular formula is C22H34N6O5. The van der Waals surface area contributed by atoms with Crippen molar-refractivity contribution in [2.75, 3.05) is 13.1 Å². The lowest BCUT2D eigenvalue weighted by Crippen LogP contribution is -2.47. The first kappa shape index (κ1) is 27.5. The van der Waals surface area contributed by atoms with E-state index in [-0.39, 0.29) is 37.0 Å². The molecule has 0 unspecified atom stereocenters. The van der Waals surface area contributed by atoms with Gasteiger partial charge in [0.1, 0.15) is 6.04 Å². The summed E-state index contributed by atoms with van der Waals surface area (Å²) in [5.74, 6) is -0.698. The predicted molar refractivity (Wildman–Crippen MR) is 124 cm³/mol. The molecule has 0 saturated heterocycles. The second kappa shape index (κ2) is 15.3. The van der Waals surface area contributed by atoms with Gasteiger partial charge in [-0.1, -0.05) is 49.6 Å². The van der Waals surface area contributed by atoms with E-state index in [1.807, 2.05) is 19.9 Å². The monoisotopic (exact) mass is 462 g/mol. The van der Waals surface area contributed by atoms with Crippen molar-refractivity contribution in [3.8, 4) is 0 Å². The molecule has 0 aliphatic carbocycles. The topological polar surface area (TPSA) is 166 Å². The molecule has 11 heteroatoms. The number of nitro groups is 1. The van der Waals surface area contributed by atoms with Crippen molar-refractivity contribution >= 4 is 23.6 Å². The van der Waals surface area contributed by atoms with E-state index in [9.17, 15) is 24.5 Å². The normalized spacial score (nSPS) is 11.4. The number of guanidine groups is 1. The molecule has 11 nitrogen and oxygen atoms in total. The number of nitrogens with one attached hydrogen (secondary N) is 5. The number of ketones is 1. The van der Waals surface area contributed by atoms with Gasteiger partial charge < -0.3 is 16.0 Å². The molecule has 0 saturated carbocycles. The number of carbonyl (C=O) groups is 3. The van der Waals surface area contributed by atoms with E-state index < -0.39 is 17.0 Å². The molecule has 33 heavy (non-hydrogen) atoms. The maximum Gasteiger partial charge on any atom is 0.251 e. The third-order valence-electron chi connectivity index (χ3n) is 4.75. The van der Waals surface area contributed by atoms with Crippen LogP contribution in [0.15, 0.2) is 30.3 Å². The molecule has 1 aromatic carbocycles. The summed E-state index contributed by atoms with van der Waals surface area (Å²) < 4.78 is 0. The first-order valence-electron chi connectivity index (χ1n) is 11.1. The van der Waals surface area contributed by atoms with Crippen molar-refractivity contribution in [3.63, 3.8) is 0 Å². The molecule has 0 aliphatic heterocycles. The fraction of sp³-hybridized carbons (Fsp3) is 0.545. The van der Waals surface area contributed by atoms with Crippen molar-refractivity contribution in [1.82, 2.24) is 21.4 Å². The Bertz CT molecular complexity index is 800. The van der Waals surface area contributed by atoms with Crippen molar-refractivity contribution < 1.29 is 19.4 Å². The summed E-state index contributed by atoms with van der Waals surface area (Å²) in [7, 11) is 0. The molecule has 1 atom stereocenters. The minimum atomic E-state index is -0.844. The zero-order valence-corrected chi connectivity index (χ0v) is 19.2. The molecule has 1 rings (SSSR count). The summed E-state index contributed by atoms with van der Waals surface area (Å²) in [5.41, 5.74) is 2.29. The highest BCUT2D eigenvalue weighted by molar-refractivity contribution is 5.96. The Hall–Kier alpha value is -3.50. The van der Waals surface area contributed by atoms with Gasteiger partial charge in [0.2, 0.25) is 11.8 Å². The molecule has 0 fully saturated rings. The summed E-state index contributed by atoms with van der Waals surface area (Å²) in [6.45, 7) is 4.80. The van der Waals surface area contributed by atoms with E-state index in [0.29, 0.717) is 37.3 Å². The lowest BCUT2D eigenvalue weighted by Gasteiger charge is -2.19. The third kappa shape index (κ3) is 12.8. The molecule has 182 valence electrons. The number of hydrogen-bond donors (Lipinski definition) is 5. The largest absolute Gasteiger partial charge is 0.354 e. The number of nitrogens with zero attached hydrogens (tertiary/aromatic N) is 1. The lowest BCUT2D eigenvalue weighted by molar-refractivity contribution is -0.525. The molecule has 0 heterocycles. The molecular weight excluding hydrogens is 428 g/mol. The maximum absolute atomic E-state index is 12.6. The number of Topliss-reactive ketones (excluding diaryl/α,β-unsaturated/α-hetero) is 1. The van der Waals surface area contributed by atoms with Crippen LogP contribution in [-0.4, -0.2) is 47.7 Å². The molecule has 0 aromatic heterocycles. The van der Waals surface area contributed by atoms with E-state index in [4.69, 9.17) is 5.41 Å². The Kier molecular flexibility index (Phi) is 12.8. The second-order valence-corrected chi connectivity index (χ2v) is 8.05. The number of amides is 2. The summed E-state index contributed by atoms with van der Waals surface area (Å²) >= 11 is 0. The average molecular weight is 463 g/mol. The van der Waals surface area contributed by atoms with Crippen LogP contribution in [0, 0.1) is 21.4 Å². The van der Waals surface area contributed by atoms with Crippen LogP contribution in [0.2, 0.25) is 0 Å². The van der Waals surface area contributed by atoms with Crippen molar-refractivity contribution in [1.29, 1.82) is 5.41 Å². The Morgan fingerprint density at radius 2 is 1.70 bits per heavy atom. The highest BCUT2D eigenvalue weighted by Gasteiger charge is 2.20. The van der Waals surface area contributed by atoms with Crippen LogP contribution in [0.25, 0.3) is 0 Å². The molecule has 0 radical (unpaired) electrons. The third-order valence-corrected chi connectivity index (χ3v) is 4.75. The molecule has 5 N–H and O–H groups in total. The Morgan fingerprint density at radius 3 is 2.33 bits per heavy atom. The van der Waals surface area contributed by atoms with Crippen LogP contribution in [-0.2, 0) is 9.59 Å². The lowest BCUT2D eigenvalue weighted by atomic mass is 10.0. The SMILES string of the molecule is CC(C)CCNC(=O)[C@H](CCCNC(=N)N[N+](=O)[O-])NC(=O)CCCC(=O)c1ccccc1. The van der Waals surface area contributed by atoms with E-state index in [2.05, 4.69) is 16.0 Å². The fourth-order valence-electron chi connectivity index (χ4n) is 2.97. The van der Waals surface area contributed by atoms with Gasteiger partial charge in [-0.05, 0) is 31.6 Å². The van der Waals surface area contributed by atoms with Crippen molar-refractivity contribution in [3.05, 3.63) is 46.0 Å². The average Bonchev–Trinajstić information content (AvgIpc) is 2.75. The minimum Gasteiger partial charge on any atom is -0.354 e. The van der Waals surface area contributed by atoms with Crippen LogP contribution in [0.4, 0.5) is 0 Å². The molecule has 0 aliphatic rings. The Balaban J connectivity index is 2.50. The molecule has 2 amide bonds. The fourth-order valence-corrected chi connectivity index (χ4v) is 2.97. The Morgan fingerprint density at radius 1 is 1.00 bits per heavy atom. The zero-order valence-electron chi connectivity index (χ0n) is 19.2. The second-order valence-electron chi connectivity index (χ2n) is 8.05.